The van der Waals surface area contributed by atoms with Crippen molar-refractivity contribution in [2.45, 2.75) is 32.4 Å². The molecule has 2 heterocycles. The van der Waals surface area contributed by atoms with Gasteiger partial charge >= 0.3 is 0 Å². The second kappa shape index (κ2) is 5.08. The highest BCUT2D eigenvalue weighted by Gasteiger charge is 2.51. The summed E-state index contributed by atoms with van der Waals surface area (Å²) in [5.41, 5.74) is 0.905. The Kier molecular flexibility index (Phi) is 3.68. The van der Waals surface area contributed by atoms with E-state index in [9.17, 15) is 4.39 Å². The first-order valence-electron chi connectivity index (χ1n) is 7.33. The van der Waals surface area contributed by atoms with Crippen molar-refractivity contribution in [1.29, 1.82) is 0 Å². The van der Waals surface area contributed by atoms with Gasteiger partial charge in [-0.05, 0) is 57.4 Å². The van der Waals surface area contributed by atoms with Crippen LogP contribution in [0.4, 0.5) is 4.39 Å². The molecule has 4 heteroatoms. The fraction of sp³-hybridized carbons (Fsp3) is 0.625. The van der Waals surface area contributed by atoms with E-state index in [1.165, 1.54) is 0 Å². The van der Waals surface area contributed by atoms with Crippen LogP contribution in [0.15, 0.2) is 22.7 Å². The number of fused-ring (bicyclic) bond motifs is 1. The lowest BCUT2D eigenvalue weighted by Crippen LogP contribution is -2.45. The van der Waals surface area contributed by atoms with Crippen LogP contribution in [0.5, 0.6) is 0 Å². The van der Waals surface area contributed by atoms with Gasteiger partial charge in [0, 0.05) is 34.7 Å². The largest absolute Gasteiger partial charge is 0.316 e. The summed E-state index contributed by atoms with van der Waals surface area (Å²) in [5.74, 6) is 1.26. The number of nitrogens with zero attached hydrogens (tertiary/aromatic N) is 1. The quantitative estimate of drug-likeness (QED) is 0.885. The predicted molar refractivity (Wildman–Crippen MR) is 83.1 cm³/mol. The van der Waals surface area contributed by atoms with E-state index in [-0.39, 0.29) is 17.4 Å². The average molecular weight is 341 g/mol. The van der Waals surface area contributed by atoms with Crippen molar-refractivity contribution in [1.82, 2.24) is 10.2 Å². The first-order chi connectivity index (χ1) is 9.41. The zero-order chi connectivity index (χ0) is 14.5. The van der Waals surface area contributed by atoms with E-state index in [0.29, 0.717) is 11.8 Å². The van der Waals surface area contributed by atoms with Gasteiger partial charge in [0.2, 0.25) is 0 Å². The Bertz CT molecular complexity index is 517. The molecule has 20 heavy (non-hydrogen) atoms. The van der Waals surface area contributed by atoms with Gasteiger partial charge < -0.3 is 5.32 Å². The van der Waals surface area contributed by atoms with Crippen LogP contribution in [-0.2, 0) is 0 Å². The molecule has 3 atom stereocenters. The molecule has 2 aliphatic rings. The summed E-state index contributed by atoms with van der Waals surface area (Å²) in [4.78, 5) is 2.48. The molecule has 0 saturated carbocycles. The normalized spacial score (nSPS) is 30.4. The van der Waals surface area contributed by atoms with Crippen LogP contribution in [0.25, 0.3) is 0 Å². The third kappa shape index (κ3) is 2.22. The zero-order valence-corrected chi connectivity index (χ0v) is 13.9. The van der Waals surface area contributed by atoms with Gasteiger partial charge in [-0.3, -0.25) is 4.90 Å². The molecule has 0 spiro atoms. The molecule has 2 saturated heterocycles. The fourth-order valence-electron chi connectivity index (χ4n) is 4.11. The molecule has 0 bridgehead atoms. The van der Waals surface area contributed by atoms with Crippen molar-refractivity contribution in [2.24, 2.45) is 11.8 Å². The Balaban J connectivity index is 1.91. The maximum atomic E-state index is 14.2. The molecule has 1 aromatic rings. The molecule has 2 fully saturated rings. The van der Waals surface area contributed by atoms with Crippen LogP contribution in [-0.4, -0.2) is 30.1 Å². The topological polar surface area (TPSA) is 15.3 Å². The maximum absolute atomic E-state index is 14.2. The van der Waals surface area contributed by atoms with Crippen LogP contribution >= 0.6 is 15.9 Å². The smallest absolute Gasteiger partial charge is 0.128 e. The number of benzene rings is 1. The van der Waals surface area contributed by atoms with Gasteiger partial charge in [0.1, 0.15) is 5.82 Å². The van der Waals surface area contributed by atoms with Crippen LogP contribution in [0.2, 0.25) is 0 Å². The second-order valence-electron chi connectivity index (χ2n) is 6.67. The van der Waals surface area contributed by atoms with Crippen molar-refractivity contribution in [3.8, 4) is 0 Å². The molecule has 2 nitrogen and oxygen atoms in total. The number of rotatable bonds is 2. The number of halogens is 2. The van der Waals surface area contributed by atoms with E-state index in [1.54, 1.807) is 12.1 Å². The van der Waals surface area contributed by atoms with Crippen LogP contribution in [0.1, 0.15) is 32.4 Å². The summed E-state index contributed by atoms with van der Waals surface area (Å²) in [6.07, 6.45) is 0. The number of hydrogen-bond donors (Lipinski definition) is 1. The zero-order valence-electron chi connectivity index (χ0n) is 12.3. The average Bonchev–Trinajstić information content (AvgIpc) is 2.94. The van der Waals surface area contributed by atoms with Crippen LogP contribution in [0, 0.1) is 17.7 Å². The molecule has 110 valence electrons. The Morgan fingerprint density at radius 2 is 2.15 bits per heavy atom. The van der Waals surface area contributed by atoms with Gasteiger partial charge in [0.05, 0.1) is 0 Å². The highest BCUT2D eigenvalue weighted by atomic mass is 79.9. The minimum Gasteiger partial charge on any atom is -0.316 e. The lowest BCUT2D eigenvalue weighted by molar-refractivity contribution is 0.0952. The fourth-order valence-corrected chi connectivity index (χ4v) is 4.49. The number of nitrogens with one attached hydrogen (secondary N) is 1. The third-order valence-electron chi connectivity index (χ3n) is 5.29. The van der Waals surface area contributed by atoms with Crippen molar-refractivity contribution >= 4 is 15.9 Å². The van der Waals surface area contributed by atoms with Gasteiger partial charge in [-0.15, -0.1) is 0 Å². The molecule has 2 aliphatic heterocycles. The molecule has 0 aliphatic carbocycles. The van der Waals surface area contributed by atoms with E-state index in [2.05, 4.69) is 46.9 Å². The lowest BCUT2D eigenvalue weighted by Gasteiger charge is -2.40. The molecular formula is C16H22BrFN2. The van der Waals surface area contributed by atoms with Gasteiger partial charge in [-0.25, -0.2) is 4.39 Å². The summed E-state index contributed by atoms with van der Waals surface area (Å²) in [7, 11) is 0. The van der Waals surface area contributed by atoms with Gasteiger partial charge in [0.15, 0.2) is 0 Å². The van der Waals surface area contributed by atoms with Crippen molar-refractivity contribution < 1.29 is 4.39 Å². The molecule has 1 N–H and O–H groups in total. The first-order valence-corrected chi connectivity index (χ1v) is 8.13. The Morgan fingerprint density at radius 3 is 2.85 bits per heavy atom. The second-order valence-corrected chi connectivity index (χ2v) is 7.59. The Labute approximate surface area is 128 Å². The number of likely N-dealkylation sites (tertiary alicyclic amines) is 1. The van der Waals surface area contributed by atoms with E-state index >= 15 is 0 Å². The highest BCUT2D eigenvalue weighted by Crippen LogP contribution is 2.45. The monoisotopic (exact) mass is 340 g/mol. The van der Waals surface area contributed by atoms with Crippen molar-refractivity contribution in [3.63, 3.8) is 0 Å². The molecule has 0 aromatic heterocycles. The Hall–Kier alpha value is -0.450. The minimum absolute atomic E-state index is 0.105. The van der Waals surface area contributed by atoms with Gasteiger partial charge in [-0.1, -0.05) is 15.9 Å². The third-order valence-corrected chi connectivity index (χ3v) is 5.79. The molecule has 0 amide bonds. The number of hydrogen-bond acceptors (Lipinski definition) is 2. The summed E-state index contributed by atoms with van der Waals surface area (Å²) >= 11 is 3.46. The molecule has 3 unspecified atom stereocenters. The maximum Gasteiger partial charge on any atom is 0.128 e. The van der Waals surface area contributed by atoms with E-state index in [4.69, 9.17) is 0 Å². The van der Waals surface area contributed by atoms with E-state index in [1.807, 2.05) is 6.07 Å². The van der Waals surface area contributed by atoms with Gasteiger partial charge in [0.25, 0.3) is 0 Å². The van der Waals surface area contributed by atoms with Crippen LogP contribution < -0.4 is 5.32 Å². The standard InChI is InChI=1S/C16H22BrFN2/c1-10(13-6-12(17)4-5-15(13)18)20-9-11-7-19-8-14(11)16(20,2)3/h4-6,10-11,14,19H,7-9H2,1-3H3. The summed E-state index contributed by atoms with van der Waals surface area (Å²) in [6, 6.07) is 5.34. The predicted octanol–water partition coefficient (Wildman–Crippen LogP) is 3.58. The Morgan fingerprint density at radius 1 is 1.40 bits per heavy atom. The SMILES string of the molecule is CC(c1cc(Br)ccc1F)N1CC2CNCC2C1(C)C. The van der Waals surface area contributed by atoms with E-state index < -0.39 is 0 Å². The van der Waals surface area contributed by atoms with Gasteiger partial charge in [-0.2, -0.15) is 0 Å². The molecule has 1 aromatic carbocycles. The lowest BCUT2D eigenvalue weighted by atomic mass is 9.84. The van der Waals surface area contributed by atoms with Crippen LogP contribution in [0.3, 0.4) is 0 Å². The molecular weight excluding hydrogens is 319 g/mol. The molecule has 3 rings (SSSR count). The summed E-state index contributed by atoms with van der Waals surface area (Å²) in [5, 5.41) is 3.49. The van der Waals surface area contributed by atoms with E-state index in [0.717, 1.165) is 29.7 Å². The molecule has 0 radical (unpaired) electrons. The first kappa shape index (κ1) is 14.5. The summed E-state index contributed by atoms with van der Waals surface area (Å²) in [6.45, 7) is 9.97. The summed E-state index contributed by atoms with van der Waals surface area (Å²) < 4.78 is 15.1. The minimum atomic E-state index is -0.105. The highest BCUT2D eigenvalue weighted by molar-refractivity contribution is 9.10. The van der Waals surface area contributed by atoms with Crippen molar-refractivity contribution in [2.75, 3.05) is 19.6 Å². The van der Waals surface area contributed by atoms with Crippen molar-refractivity contribution in [3.05, 3.63) is 34.1 Å².